The SMILES string of the molecule is CC1CC(C)C(C)N(C(=O)Cc2ccc(S(=O)(=O)Cl)s2)C1. The molecule has 1 aromatic rings. The van der Waals surface area contributed by atoms with E-state index in [9.17, 15) is 13.2 Å². The molecule has 0 radical (unpaired) electrons. The van der Waals surface area contributed by atoms with Crippen molar-refractivity contribution >= 4 is 37.0 Å². The summed E-state index contributed by atoms with van der Waals surface area (Å²) in [7, 11) is 1.60. The second-order valence-electron chi connectivity index (χ2n) is 5.94. The average Bonchev–Trinajstić information content (AvgIpc) is 2.82. The molecule has 2 rings (SSSR count). The first-order valence-electron chi connectivity index (χ1n) is 7.01. The van der Waals surface area contributed by atoms with Gasteiger partial charge in [0.25, 0.3) is 9.05 Å². The molecule has 4 nitrogen and oxygen atoms in total. The van der Waals surface area contributed by atoms with E-state index in [2.05, 4.69) is 20.8 Å². The number of carbonyl (C=O) groups excluding carboxylic acids is 1. The Kier molecular flexibility index (Phi) is 5.00. The molecular formula is C14H20ClNO3S2. The molecule has 0 aromatic carbocycles. The fourth-order valence-corrected chi connectivity index (χ4v) is 4.99. The third-order valence-corrected chi connectivity index (χ3v) is 7.30. The predicted octanol–water partition coefficient (Wildman–Crippen LogP) is 3.11. The molecule has 0 aliphatic carbocycles. The largest absolute Gasteiger partial charge is 0.339 e. The Morgan fingerprint density at radius 2 is 2.05 bits per heavy atom. The van der Waals surface area contributed by atoms with Gasteiger partial charge in [-0.05, 0) is 37.3 Å². The van der Waals surface area contributed by atoms with Crippen LogP contribution >= 0.6 is 22.0 Å². The van der Waals surface area contributed by atoms with Gasteiger partial charge < -0.3 is 4.90 Å². The van der Waals surface area contributed by atoms with Crippen molar-refractivity contribution in [3.63, 3.8) is 0 Å². The molecule has 2 heterocycles. The number of halogens is 1. The predicted molar refractivity (Wildman–Crippen MR) is 85.2 cm³/mol. The second-order valence-corrected chi connectivity index (χ2v) is 9.90. The van der Waals surface area contributed by atoms with Gasteiger partial charge in [0.15, 0.2) is 0 Å². The molecule has 0 N–H and O–H groups in total. The average molecular weight is 350 g/mol. The lowest BCUT2D eigenvalue weighted by Gasteiger charge is -2.41. The minimum Gasteiger partial charge on any atom is -0.339 e. The number of nitrogens with zero attached hydrogens (tertiary/aromatic N) is 1. The van der Waals surface area contributed by atoms with E-state index in [1.165, 1.54) is 6.07 Å². The Bertz CT molecular complexity index is 626. The number of rotatable bonds is 3. The van der Waals surface area contributed by atoms with Gasteiger partial charge in [0.05, 0.1) is 6.42 Å². The molecular weight excluding hydrogens is 330 g/mol. The van der Waals surface area contributed by atoms with Crippen LogP contribution in [0.15, 0.2) is 16.3 Å². The molecule has 3 atom stereocenters. The number of hydrogen-bond donors (Lipinski definition) is 0. The summed E-state index contributed by atoms with van der Waals surface area (Å²) in [4.78, 5) is 15.1. The van der Waals surface area contributed by atoms with Crippen molar-refractivity contribution in [3.05, 3.63) is 17.0 Å². The van der Waals surface area contributed by atoms with Gasteiger partial charge in [0, 0.05) is 28.1 Å². The third kappa shape index (κ3) is 3.99. The first kappa shape index (κ1) is 16.8. The molecule has 0 saturated carbocycles. The van der Waals surface area contributed by atoms with Crippen LogP contribution in [0.25, 0.3) is 0 Å². The molecule has 1 aliphatic rings. The van der Waals surface area contributed by atoms with Crippen molar-refractivity contribution in [2.75, 3.05) is 6.54 Å². The Hall–Kier alpha value is -0.590. The number of hydrogen-bond acceptors (Lipinski definition) is 4. The van der Waals surface area contributed by atoms with Crippen molar-refractivity contribution < 1.29 is 13.2 Å². The minimum atomic E-state index is -3.71. The van der Waals surface area contributed by atoms with Crippen molar-refractivity contribution in [2.45, 2.75) is 43.9 Å². The Balaban J connectivity index is 2.09. The Labute approximate surface area is 134 Å². The highest BCUT2D eigenvalue weighted by Crippen LogP contribution is 2.29. The maximum Gasteiger partial charge on any atom is 0.270 e. The summed E-state index contributed by atoms with van der Waals surface area (Å²) in [6.07, 6.45) is 1.37. The Morgan fingerprint density at radius 1 is 1.38 bits per heavy atom. The van der Waals surface area contributed by atoms with E-state index < -0.39 is 9.05 Å². The van der Waals surface area contributed by atoms with Crippen LogP contribution in [0.5, 0.6) is 0 Å². The topological polar surface area (TPSA) is 54.5 Å². The highest BCUT2D eigenvalue weighted by Gasteiger charge is 2.31. The fraction of sp³-hybridized carbons (Fsp3) is 0.643. The van der Waals surface area contributed by atoms with E-state index in [0.717, 1.165) is 29.2 Å². The van der Waals surface area contributed by atoms with Gasteiger partial charge in [-0.15, -0.1) is 11.3 Å². The van der Waals surface area contributed by atoms with Crippen LogP contribution < -0.4 is 0 Å². The van der Waals surface area contributed by atoms with Crippen LogP contribution in [0, 0.1) is 11.8 Å². The third-order valence-electron chi connectivity index (χ3n) is 4.12. The van der Waals surface area contributed by atoms with Crippen LogP contribution in [0.2, 0.25) is 0 Å². The standard InChI is InChI=1S/C14H20ClNO3S2/c1-9-6-10(2)11(3)16(8-9)13(17)7-12-4-5-14(20-12)21(15,18)19/h4-5,9-11H,6-8H2,1-3H3. The van der Waals surface area contributed by atoms with Crippen LogP contribution in [-0.4, -0.2) is 31.8 Å². The summed E-state index contributed by atoms with van der Waals surface area (Å²) in [6, 6.07) is 3.35. The molecule has 1 aromatic heterocycles. The molecule has 1 fully saturated rings. The molecule has 3 unspecified atom stereocenters. The van der Waals surface area contributed by atoms with Gasteiger partial charge in [0.1, 0.15) is 4.21 Å². The number of likely N-dealkylation sites (tertiary alicyclic amines) is 1. The van der Waals surface area contributed by atoms with E-state index in [-0.39, 0.29) is 22.6 Å². The summed E-state index contributed by atoms with van der Waals surface area (Å²) < 4.78 is 22.6. The summed E-state index contributed by atoms with van der Waals surface area (Å²) in [5.74, 6) is 1.04. The quantitative estimate of drug-likeness (QED) is 0.788. The zero-order valence-corrected chi connectivity index (χ0v) is 14.8. The van der Waals surface area contributed by atoms with Crippen LogP contribution in [0.3, 0.4) is 0 Å². The van der Waals surface area contributed by atoms with E-state index in [0.29, 0.717) is 11.8 Å². The van der Waals surface area contributed by atoms with Crippen molar-refractivity contribution in [2.24, 2.45) is 11.8 Å². The van der Waals surface area contributed by atoms with Crippen molar-refractivity contribution in [3.8, 4) is 0 Å². The lowest BCUT2D eigenvalue weighted by Crippen LogP contribution is -2.49. The summed E-state index contributed by atoms with van der Waals surface area (Å²) in [6.45, 7) is 7.18. The van der Waals surface area contributed by atoms with E-state index >= 15 is 0 Å². The van der Waals surface area contributed by atoms with E-state index in [4.69, 9.17) is 10.7 Å². The van der Waals surface area contributed by atoms with Gasteiger partial charge in [-0.1, -0.05) is 13.8 Å². The Morgan fingerprint density at radius 3 is 2.62 bits per heavy atom. The lowest BCUT2D eigenvalue weighted by atomic mass is 9.86. The van der Waals surface area contributed by atoms with Gasteiger partial charge in [0.2, 0.25) is 5.91 Å². The van der Waals surface area contributed by atoms with E-state index in [1.807, 2.05) is 4.90 Å². The highest BCUT2D eigenvalue weighted by molar-refractivity contribution is 8.15. The number of piperidine rings is 1. The van der Waals surface area contributed by atoms with Gasteiger partial charge >= 0.3 is 0 Å². The van der Waals surface area contributed by atoms with Crippen LogP contribution in [0.1, 0.15) is 32.1 Å². The lowest BCUT2D eigenvalue weighted by molar-refractivity contribution is -0.136. The summed E-state index contributed by atoms with van der Waals surface area (Å²) in [5.41, 5.74) is 0. The number of carbonyl (C=O) groups is 1. The summed E-state index contributed by atoms with van der Waals surface area (Å²) in [5, 5.41) is 0. The van der Waals surface area contributed by atoms with Gasteiger partial charge in [-0.3, -0.25) is 4.79 Å². The minimum absolute atomic E-state index is 0.0567. The monoisotopic (exact) mass is 349 g/mol. The second kappa shape index (κ2) is 6.26. The van der Waals surface area contributed by atoms with Crippen LogP contribution in [0.4, 0.5) is 0 Å². The fourth-order valence-electron chi connectivity index (χ4n) is 2.88. The van der Waals surface area contributed by atoms with Crippen LogP contribution in [-0.2, 0) is 20.3 Å². The van der Waals surface area contributed by atoms with E-state index in [1.54, 1.807) is 6.07 Å². The number of thiophene rings is 1. The number of amides is 1. The zero-order valence-electron chi connectivity index (χ0n) is 12.4. The smallest absolute Gasteiger partial charge is 0.270 e. The maximum absolute atomic E-state index is 12.5. The molecule has 7 heteroatoms. The van der Waals surface area contributed by atoms with Gasteiger partial charge in [-0.2, -0.15) is 0 Å². The maximum atomic E-state index is 12.5. The van der Waals surface area contributed by atoms with Crippen molar-refractivity contribution in [1.29, 1.82) is 0 Å². The molecule has 0 spiro atoms. The molecule has 1 amide bonds. The molecule has 1 saturated heterocycles. The molecule has 21 heavy (non-hydrogen) atoms. The molecule has 118 valence electrons. The first-order valence-corrected chi connectivity index (χ1v) is 10.1. The molecule has 0 bridgehead atoms. The normalized spacial score (nSPS) is 26.9. The van der Waals surface area contributed by atoms with Crippen molar-refractivity contribution in [1.82, 2.24) is 4.90 Å². The first-order chi connectivity index (χ1) is 9.68. The van der Waals surface area contributed by atoms with Gasteiger partial charge in [-0.25, -0.2) is 8.42 Å². The summed E-state index contributed by atoms with van der Waals surface area (Å²) >= 11 is 1.07. The molecule has 1 aliphatic heterocycles. The highest BCUT2D eigenvalue weighted by atomic mass is 35.7. The zero-order chi connectivity index (χ0) is 15.8.